The minimum Gasteiger partial charge on any atom is -0.393 e. The van der Waals surface area contributed by atoms with Crippen molar-refractivity contribution < 1.29 is 13.2 Å². The summed E-state index contributed by atoms with van der Waals surface area (Å²) in [7, 11) is 1.73. The van der Waals surface area contributed by atoms with Crippen LogP contribution in [0.25, 0.3) is 5.70 Å². The first kappa shape index (κ1) is 16.1. The number of rotatable bonds is 3. The lowest BCUT2D eigenvalue weighted by atomic mass is 9.99. The monoisotopic (exact) mass is 309 g/mol. The molecule has 0 saturated carbocycles. The second-order valence-electron chi connectivity index (χ2n) is 4.94. The maximum atomic E-state index is 13.3. The number of allylic oxidation sites excluding steroid dienone is 1. The second-order valence-corrected chi connectivity index (χ2v) is 4.94. The number of aliphatic imine (C=N–C) groups is 1. The Bertz CT molecular complexity index is 657. The molecule has 1 aromatic carbocycles. The van der Waals surface area contributed by atoms with Crippen LogP contribution in [-0.2, 0) is 6.18 Å². The Kier molecular flexibility index (Phi) is 4.30. The van der Waals surface area contributed by atoms with Gasteiger partial charge in [-0.1, -0.05) is 19.6 Å². The Balaban J connectivity index is 2.68. The van der Waals surface area contributed by atoms with Gasteiger partial charge < -0.3 is 10.2 Å². The van der Waals surface area contributed by atoms with Gasteiger partial charge in [0.15, 0.2) is 0 Å². The van der Waals surface area contributed by atoms with Gasteiger partial charge in [-0.15, -0.1) is 0 Å². The van der Waals surface area contributed by atoms with Gasteiger partial charge in [0, 0.05) is 36.6 Å². The molecule has 0 spiro atoms. The van der Waals surface area contributed by atoms with Gasteiger partial charge in [-0.05, 0) is 19.1 Å². The van der Waals surface area contributed by atoms with Crippen LogP contribution < -0.4 is 5.32 Å². The Hall–Kier alpha value is -2.24. The molecule has 0 atom stereocenters. The summed E-state index contributed by atoms with van der Waals surface area (Å²) in [4.78, 5) is 6.05. The minimum atomic E-state index is -4.44. The number of fused-ring (bicyclic) bond motifs is 1. The highest BCUT2D eigenvalue weighted by molar-refractivity contribution is 5.99. The van der Waals surface area contributed by atoms with E-state index in [-0.39, 0.29) is 5.56 Å². The molecule has 6 heteroatoms. The molecule has 2 rings (SSSR count). The fourth-order valence-corrected chi connectivity index (χ4v) is 2.56. The Labute approximate surface area is 127 Å². The van der Waals surface area contributed by atoms with E-state index in [0.717, 1.165) is 11.8 Å². The van der Waals surface area contributed by atoms with E-state index in [4.69, 9.17) is 0 Å². The van der Waals surface area contributed by atoms with Gasteiger partial charge in [-0.2, -0.15) is 13.2 Å². The van der Waals surface area contributed by atoms with Crippen LogP contribution in [0, 0.1) is 0 Å². The van der Waals surface area contributed by atoms with Crippen LogP contribution in [0.2, 0.25) is 0 Å². The van der Waals surface area contributed by atoms with Crippen molar-refractivity contribution in [1.82, 2.24) is 10.2 Å². The van der Waals surface area contributed by atoms with Gasteiger partial charge >= 0.3 is 6.18 Å². The molecule has 1 N–H and O–H groups in total. The Morgan fingerprint density at radius 3 is 2.64 bits per heavy atom. The molecule has 3 nitrogen and oxygen atoms in total. The zero-order chi connectivity index (χ0) is 16.5. The van der Waals surface area contributed by atoms with E-state index in [2.05, 4.69) is 16.9 Å². The molecule has 0 unspecified atom stereocenters. The maximum absolute atomic E-state index is 13.3. The van der Waals surface area contributed by atoms with E-state index in [1.165, 1.54) is 6.07 Å². The fraction of sp³-hybridized carbons (Fsp3) is 0.312. The first-order chi connectivity index (χ1) is 10.3. The van der Waals surface area contributed by atoms with Crippen LogP contribution >= 0.6 is 0 Å². The highest BCUT2D eigenvalue weighted by Gasteiger charge is 2.37. The summed E-state index contributed by atoms with van der Waals surface area (Å²) < 4.78 is 39.8. The number of alkyl halides is 3. The molecule has 1 aromatic rings. The molecule has 0 bridgehead atoms. The summed E-state index contributed by atoms with van der Waals surface area (Å²) in [5.74, 6) is 0.667. The van der Waals surface area contributed by atoms with Crippen molar-refractivity contribution in [3.8, 4) is 0 Å². The first-order valence-corrected chi connectivity index (χ1v) is 6.92. The van der Waals surface area contributed by atoms with Gasteiger partial charge in [-0.3, -0.25) is 0 Å². The molecule has 0 radical (unpaired) electrons. The highest BCUT2D eigenvalue weighted by atomic mass is 19.4. The third-order valence-corrected chi connectivity index (χ3v) is 3.44. The van der Waals surface area contributed by atoms with E-state index < -0.39 is 11.7 Å². The van der Waals surface area contributed by atoms with Gasteiger partial charge in [0.2, 0.25) is 0 Å². The average molecular weight is 309 g/mol. The largest absolute Gasteiger partial charge is 0.417 e. The average Bonchev–Trinajstić information content (AvgIpc) is 2.45. The van der Waals surface area contributed by atoms with Gasteiger partial charge in [0.25, 0.3) is 0 Å². The minimum absolute atomic E-state index is 0.0380. The normalized spacial score (nSPS) is 15.5. The SMILES string of the molecule is C=C1c2c(cccc2C(F)(F)F)N=C(CC)N1/C(C)=C/NC. The summed E-state index contributed by atoms with van der Waals surface area (Å²) in [6, 6.07) is 4.02. The molecule has 0 saturated heterocycles. The number of amidine groups is 1. The van der Waals surface area contributed by atoms with Gasteiger partial charge in [0.05, 0.1) is 11.3 Å². The van der Waals surface area contributed by atoms with Gasteiger partial charge in [0.1, 0.15) is 5.84 Å². The number of hydrogen-bond donors (Lipinski definition) is 1. The van der Waals surface area contributed by atoms with Crippen LogP contribution in [0.5, 0.6) is 0 Å². The highest BCUT2D eigenvalue weighted by Crippen LogP contribution is 2.43. The lowest BCUT2D eigenvalue weighted by molar-refractivity contribution is -0.137. The predicted molar refractivity (Wildman–Crippen MR) is 82.5 cm³/mol. The van der Waals surface area contributed by atoms with E-state index in [1.54, 1.807) is 31.1 Å². The molecular formula is C16H18F3N3. The predicted octanol–water partition coefficient (Wildman–Crippen LogP) is 4.51. The second kappa shape index (κ2) is 5.87. The molecule has 1 aliphatic heterocycles. The van der Waals surface area contributed by atoms with E-state index in [0.29, 0.717) is 23.6 Å². The topological polar surface area (TPSA) is 27.6 Å². The first-order valence-electron chi connectivity index (χ1n) is 6.92. The summed E-state index contributed by atoms with van der Waals surface area (Å²) in [6.07, 6.45) is -2.15. The molecule has 1 heterocycles. The third-order valence-electron chi connectivity index (χ3n) is 3.44. The Morgan fingerprint density at radius 1 is 1.41 bits per heavy atom. The van der Waals surface area contributed by atoms with Crippen molar-refractivity contribution in [2.45, 2.75) is 26.4 Å². The van der Waals surface area contributed by atoms with Crippen molar-refractivity contribution in [2.24, 2.45) is 4.99 Å². The maximum Gasteiger partial charge on any atom is 0.417 e. The molecule has 118 valence electrons. The number of hydrogen-bond acceptors (Lipinski definition) is 3. The molecule has 1 aliphatic rings. The van der Waals surface area contributed by atoms with Crippen LogP contribution in [-0.4, -0.2) is 17.8 Å². The van der Waals surface area contributed by atoms with Crippen LogP contribution in [0.15, 0.2) is 41.7 Å². The van der Waals surface area contributed by atoms with Crippen molar-refractivity contribution in [3.05, 3.63) is 47.8 Å². The Morgan fingerprint density at radius 2 is 2.09 bits per heavy atom. The number of halogens is 3. The summed E-state index contributed by atoms with van der Waals surface area (Å²) in [5, 5.41) is 2.88. The van der Waals surface area contributed by atoms with E-state index in [9.17, 15) is 13.2 Å². The molecule has 0 fully saturated rings. The number of nitrogens with one attached hydrogen (secondary N) is 1. The molecule has 0 amide bonds. The lowest BCUT2D eigenvalue weighted by Gasteiger charge is -2.34. The van der Waals surface area contributed by atoms with E-state index >= 15 is 0 Å². The third kappa shape index (κ3) is 2.73. The summed E-state index contributed by atoms with van der Waals surface area (Å²) in [6.45, 7) is 7.60. The lowest BCUT2D eigenvalue weighted by Crippen LogP contribution is -2.31. The van der Waals surface area contributed by atoms with Crippen molar-refractivity contribution in [1.29, 1.82) is 0 Å². The number of nitrogens with zero attached hydrogens (tertiary/aromatic N) is 2. The van der Waals surface area contributed by atoms with Crippen LogP contribution in [0.3, 0.4) is 0 Å². The van der Waals surface area contributed by atoms with Gasteiger partial charge in [-0.25, -0.2) is 4.99 Å². The number of benzene rings is 1. The standard InChI is InChI=1S/C16H18F3N3/c1-5-14-21-13-8-6-7-12(16(17,18)19)15(13)11(3)22(14)10(2)9-20-4/h6-9,20H,3,5H2,1-2,4H3/b10-9+. The van der Waals surface area contributed by atoms with Crippen LogP contribution in [0.1, 0.15) is 31.4 Å². The smallest absolute Gasteiger partial charge is 0.393 e. The van der Waals surface area contributed by atoms with Crippen molar-refractivity contribution in [3.63, 3.8) is 0 Å². The molecule has 22 heavy (non-hydrogen) atoms. The quantitative estimate of drug-likeness (QED) is 0.889. The van der Waals surface area contributed by atoms with E-state index in [1.807, 2.05) is 6.92 Å². The van der Waals surface area contributed by atoms with Crippen molar-refractivity contribution >= 4 is 17.2 Å². The summed E-state index contributed by atoms with van der Waals surface area (Å²) in [5.41, 5.74) is 0.659. The van der Waals surface area contributed by atoms with Crippen molar-refractivity contribution in [2.75, 3.05) is 7.05 Å². The molecule has 0 aromatic heterocycles. The molecular weight excluding hydrogens is 291 g/mol. The zero-order valence-corrected chi connectivity index (χ0v) is 12.8. The summed E-state index contributed by atoms with van der Waals surface area (Å²) >= 11 is 0. The fourth-order valence-electron chi connectivity index (χ4n) is 2.56. The zero-order valence-electron chi connectivity index (χ0n) is 12.8. The van der Waals surface area contributed by atoms with Crippen LogP contribution in [0.4, 0.5) is 18.9 Å². The molecule has 0 aliphatic carbocycles.